The van der Waals surface area contributed by atoms with Crippen molar-refractivity contribution in [2.24, 2.45) is 16.8 Å². The van der Waals surface area contributed by atoms with Gasteiger partial charge < -0.3 is 15.5 Å². The summed E-state index contributed by atoms with van der Waals surface area (Å²) < 4.78 is 0. The van der Waals surface area contributed by atoms with Gasteiger partial charge in [0.15, 0.2) is 5.96 Å². The van der Waals surface area contributed by atoms with Crippen molar-refractivity contribution in [2.45, 2.75) is 44.6 Å². The van der Waals surface area contributed by atoms with Gasteiger partial charge in [0.2, 0.25) is 5.91 Å². The lowest BCUT2D eigenvalue weighted by molar-refractivity contribution is -0.127. The van der Waals surface area contributed by atoms with E-state index in [2.05, 4.69) is 22.2 Å². The number of likely N-dealkylation sites (N-methyl/N-ethyl adjacent to an activating group) is 1. The molecule has 3 unspecified atom stereocenters. The Morgan fingerprint density at radius 1 is 1.26 bits per heavy atom. The molecular formula is C17H31IN4O. The van der Waals surface area contributed by atoms with Gasteiger partial charge in [0, 0.05) is 26.7 Å². The van der Waals surface area contributed by atoms with Crippen molar-refractivity contribution in [3.05, 3.63) is 12.7 Å². The highest BCUT2D eigenvalue weighted by Crippen LogP contribution is 2.41. The minimum absolute atomic E-state index is 0. The van der Waals surface area contributed by atoms with E-state index < -0.39 is 0 Å². The molecule has 1 amide bonds. The molecule has 6 heteroatoms. The first-order valence-electron chi connectivity index (χ1n) is 8.46. The molecule has 2 aliphatic carbocycles. The molecule has 2 aliphatic rings. The third kappa shape index (κ3) is 6.31. The zero-order valence-corrected chi connectivity index (χ0v) is 16.7. The highest BCUT2D eigenvalue weighted by atomic mass is 127. The van der Waals surface area contributed by atoms with Crippen molar-refractivity contribution in [2.75, 3.05) is 27.2 Å². The maximum Gasteiger partial charge on any atom is 0.243 e. The molecule has 5 nitrogen and oxygen atoms in total. The van der Waals surface area contributed by atoms with Gasteiger partial charge in [0.1, 0.15) is 6.54 Å². The summed E-state index contributed by atoms with van der Waals surface area (Å²) in [6.07, 6.45) is 9.78. The first-order valence-corrected chi connectivity index (χ1v) is 8.46. The number of nitrogens with one attached hydrogen (secondary N) is 2. The summed E-state index contributed by atoms with van der Waals surface area (Å²) in [6, 6.07) is 0.477. The Bertz CT molecular complexity index is 425. The number of fused-ring (bicyclic) bond motifs is 1. The van der Waals surface area contributed by atoms with Gasteiger partial charge in [-0.15, -0.1) is 30.6 Å². The monoisotopic (exact) mass is 434 g/mol. The van der Waals surface area contributed by atoms with Gasteiger partial charge in [-0.25, -0.2) is 4.99 Å². The zero-order valence-electron chi connectivity index (χ0n) is 14.4. The van der Waals surface area contributed by atoms with E-state index in [9.17, 15) is 4.79 Å². The van der Waals surface area contributed by atoms with Crippen LogP contribution in [0.1, 0.15) is 38.5 Å². The van der Waals surface area contributed by atoms with Crippen LogP contribution in [0.3, 0.4) is 0 Å². The van der Waals surface area contributed by atoms with Gasteiger partial charge in [0.25, 0.3) is 0 Å². The van der Waals surface area contributed by atoms with Gasteiger partial charge in [0.05, 0.1) is 0 Å². The minimum Gasteiger partial charge on any atom is -0.354 e. The number of carbonyl (C=O) groups is 1. The molecule has 0 bridgehead atoms. The maximum atomic E-state index is 11.7. The molecule has 0 radical (unpaired) electrons. The van der Waals surface area contributed by atoms with Crippen molar-refractivity contribution in [1.29, 1.82) is 0 Å². The average Bonchev–Trinajstić information content (AvgIpc) is 2.97. The fraction of sp³-hybridized carbons (Fsp3) is 0.765. The molecule has 2 fully saturated rings. The van der Waals surface area contributed by atoms with Crippen LogP contribution in [0, 0.1) is 11.8 Å². The van der Waals surface area contributed by atoms with Crippen LogP contribution in [-0.4, -0.2) is 50.0 Å². The minimum atomic E-state index is 0. The zero-order chi connectivity index (χ0) is 15.9. The van der Waals surface area contributed by atoms with Crippen LogP contribution < -0.4 is 10.6 Å². The molecule has 0 aromatic heterocycles. The standard InChI is InChI=1S/C17H30N4O.HI/c1-4-10-18-17(19-12-16(22)21(2)3)20-15-9-8-13-6-5-7-14(13)11-15;/h4,13-15H,1,5-12H2,2-3H3,(H2,18,19,20);1H. The van der Waals surface area contributed by atoms with Crippen molar-refractivity contribution in [1.82, 2.24) is 15.5 Å². The molecule has 3 atom stereocenters. The van der Waals surface area contributed by atoms with Crippen LogP contribution in [0.15, 0.2) is 17.6 Å². The van der Waals surface area contributed by atoms with E-state index >= 15 is 0 Å². The Balaban J connectivity index is 0.00000264. The number of guanidine groups is 1. The second-order valence-electron chi connectivity index (χ2n) is 6.73. The lowest BCUT2D eigenvalue weighted by atomic mass is 9.79. The van der Waals surface area contributed by atoms with Crippen LogP contribution >= 0.6 is 24.0 Å². The highest BCUT2D eigenvalue weighted by Gasteiger charge is 2.33. The summed E-state index contributed by atoms with van der Waals surface area (Å²) in [5, 5.41) is 6.74. The van der Waals surface area contributed by atoms with Crippen LogP contribution in [0.2, 0.25) is 0 Å². The Labute approximate surface area is 157 Å². The van der Waals surface area contributed by atoms with Crippen molar-refractivity contribution < 1.29 is 4.79 Å². The number of aliphatic imine (C=N–C) groups is 1. The van der Waals surface area contributed by atoms with E-state index in [4.69, 9.17) is 0 Å². The quantitative estimate of drug-likeness (QED) is 0.303. The number of amides is 1. The van der Waals surface area contributed by atoms with Crippen LogP contribution in [0.5, 0.6) is 0 Å². The predicted molar refractivity (Wildman–Crippen MR) is 106 cm³/mol. The maximum absolute atomic E-state index is 11.7. The van der Waals surface area contributed by atoms with E-state index in [1.165, 1.54) is 38.5 Å². The first-order chi connectivity index (χ1) is 10.6. The Morgan fingerprint density at radius 2 is 2.00 bits per heavy atom. The molecule has 23 heavy (non-hydrogen) atoms. The number of nitrogens with zero attached hydrogens (tertiary/aromatic N) is 2. The van der Waals surface area contributed by atoms with E-state index in [0.717, 1.165) is 17.8 Å². The number of carbonyl (C=O) groups excluding carboxylic acids is 1. The molecule has 0 aromatic rings. The molecular weight excluding hydrogens is 403 g/mol. The van der Waals surface area contributed by atoms with E-state index in [-0.39, 0.29) is 36.4 Å². The fourth-order valence-electron chi connectivity index (χ4n) is 3.64. The average molecular weight is 434 g/mol. The van der Waals surface area contributed by atoms with Gasteiger partial charge in [-0.05, 0) is 31.1 Å². The van der Waals surface area contributed by atoms with Crippen LogP contribution in [0.25, 0.3) is 0 Å². The van der Waals surface area contributed by atoms with Crippen molar-refractivity contribution >= 4 is 35.8 Å². The van der Waals surface area contributed by atoms with Gasteiger partial charge in [-0.1, -0.05) is 25.3 Å². The summed E-state index contributed by atoms with van der Waals surface area (Å²) in [5.41, 5.74) is 0. The van der Waals surface area contributed by atoms with E-state index in [1.807, 2.05) is 0 Å². The summed E-state index contributed by atoms with van der Waals surface area (Å²) >= 11 is 0. The second-order valence-corrected chi connectivity index (χ2v) is 6.73. The first kappa shape index (κ1) is 20.3. The number of halogens is 1. The summed E-state index contributed by atoms with van der Waals surface area (Å²) in [4.78, 5) is 17.7. The molecule has 132 valence electrons. The normalized spacial score (nSPS) is 26.7. The topological polar surface area (TPSA) is 56.7 Å². The molecule has 2 saturated carbocycles. The van der Waals surface area contributed by atoms with Gasteiger partial charge in [-0.2, -0.15) is 0 Å². The largest absolute Gasteiger partial charge is 0.354 e. The van der Waals surface area contributed by atoms with Crippen molar-refractivity contribution in [3.63, 3.8) is 0 Å². The Morgan fingerprint density at radius 3 is 2.70 bits per heavy atom. The van der Waals surface area contributed by atoms with Crippen molar-refractivity contribution in [3.8, 4) is 0 Å². The molecule has 2 N–H and O–H groups in total. The molecule has 0 spiro atoms. The summed E-state index contributed by atoms with van der Waals surface area (Å²) in [7, 11) is 3.51. The van der Waals surface area contributed by atoms with Gasteiger partial charge >= 0.3 is 0 Å². The smallest absolute Gasteiger partial charge is 0.243 e. The molecule has 0 saturated heterocycles. The SMILES string of the molecule is C=CCNC(=NCC(=O)N(C)C)NC1CCC2CCCC2C1.I. The Kier molecular flexibility index (Phi) is 8.94. The number of hydrogen-bond donors (Lipinski definition) is 2. The highest BCUT2D eigenvalue weighted by molar-refractivity contribution is 14.0. The van der Waals surface area contributed by atoms with Crippen LogP contribution in [0.4, 0.5) is 0 Å². The molecule has 2 rings (SSSR count). The predicted octanol–water partition coefficient (Wildman–Crippen LogP) is 2.38. The number of rotatable bonds is 5. The molecule has 0 aromatic carbocycles. The summed E-state index contributed by atoms with van der Waals surface area (Å²) in [6.45, 7) is 4.56. The van der Waals surface area contributed by atoms with Crippen LogP contribution in [-0.2, 0) is 4.79 Å². The molecule has 0 heterocycles. The third-order valence-corrected chi connectivity index (χ3v) is 4.92. The lowest BCUT2D eigenvalue weighted by Crippen LogP contribution is -2.46. The Hall–Kier alpha value is -0.790. The van der Waals surface area contributed by atoms with Gasteiger partial charge in [-0.3, -0.25) is 4.79 Å². The van der Waals surface area contributed by atoms with E-state index in [1.54, 1.807) is 25.1 Å². The number of hydrogen-bond acceptors (Lipinski definition) is 2. The molecule has 0 aliphatic heterocycles. The second kappa shape index (κ2) is 10.2. The summed E-state index contributed by atoms with van der Waals surface area (Å²) in [5.74, 6) is 2.58. The van der Waals surface area contributed by atoms with E-state index in [0.29, 0.717) is 12.6 Å². The third-order valence-electron chi connectivity index (χ3n) is 4.92. The lowest BCUT2D eigenvalue weighted by Gasteiger charge is -2.33. The fourth-order valence-corrected chi connectivity index (χ4v) is 3.64.